The number of carboxylic acid groups (broad SMARTS) is 1. The van der Waals surface area contributed by atoms with Gasteiger partial charge in [0.1, 0.15) is 10.6 Å². The van der Waals surface area contributed by atoms with Gasteiger partial charge in [-0.3, -0.25) is 4.79 Å². The number of carboxylic acids is 1. The van der Waals surface area contributed by atoms with Crippen LogP contribution in [0.4, 0.5) is 5.69 Å². The zero-order valence-electron chi connectivity index (χ0n) is 10.2. The fourth-order valence-corrected chi connectivity index (χ4v) is 4.10. The standard InChI is InChI=1S/C12H7BrN2O5S/c13-7-4-9-11(16)14-8-3-6(12(17)18)1-2-10(8)21(19,20)15(9)5-7/h1-5H,(H,14,16)(H,17,18). The van der Waals surface area contributed by atoms with Crippen molar-refractivity contribution in [3.63, 3.8) is 0 Å². The molecule has 1 amide bonds. The number of aromatic carboxylic acids is 1. The van der Waals surface area contributed by atoms with Crippen LogP contribution in [0.5, 0.6) is 0 Å². The van der Waals surface area contributed by atoms with Gasteiger partial charge in [0.2, 0.25) is 0 Å². The summed E-state index contributed by atoms with van der Waals surface area (Å²) in [6, 6.07) is 4.83. The summed E-state index contributed by atoms with van der Waals surface area (Å²) in [5, 5.41) is 11.4. The summed E-state index contributed by atoms with van der Waals surface area (Å²) in [6.45, 7) is 0. The average molecular weight is 371 g/mol. The third-order valence-electron chi connectivity index (χ3n) is 3.00. The SMILES string of the molecule is O=C(O)c1ccc2c(c1)NC(=O)c1cc(Br)cn1S2(=O)=O. The van der Waals surface area contributed by atoms with Crippen molar-refractivity contribution >= 4 is 43.5 Å². The molecule has 0 saturated carbocycles. The van der Waals surface area contributed by atoms with Crippen molar-refractivity contribution < 1.29 is 23.1 Å². The number of carbonyl (C=O) groups excluding carboxylic acids is 1. The minimum atomic E-state index is -3.98. The summed E-state index contributed by atoms with van der Waals surface area (Å²) in [4.78, 5) is 22.9. The Labute approximate surface area is 127 Å². The molecule has 0 fully saturated rings. The first-order valence-electron chi connectivity index (χ1n) is 5.63. The van der Waals surface area contributed by atoms with Crippen molar-refractivity contribution in [2.45, 2.75) is 4.90 Å². The number of rotatable bonds is 1. The minimum absolute atomic E-state index is 0.0558. The molecule has 0 aliphatic carbocycles. The molecule has 21 heavy (non-hydrogen) atoms. The molecule has 2 heterocycles. The topological polar surface area (TPSA) is 105 Å². The summed E-state index contributed by atoms with van der Waals surface area (Å²) in [6.07, 6.45) is 1.27. The van der Waals surface area contributed by atoms with Gasteiger partial charge in [-0.2, -0.15) is 0 Å². The zero-order valence-corrected chi connectivity index (χ0v) is 12.6. The summed E-state index contributed by atoms with van der Waals surface area (Å²) >= 11 is 3.12. The highest BCUT2D eigenvalue weighted by Crippen LogP contribution is 2.31. The van der Waals surface area contributed by atoms with Crippen molar-refractivity contribution in [2.75, 3.05) is 5.32 Å². The first-order chi connectivity index (χ1) is 9.80. The van der Waals surface area contributed by atoms with Crippen LogP contribution in [0.2, 0.25) is 0 Å². The molecule has 9 heteroatoms. The molecule has 1 aliphatic rings. The Hall–Kier alpha value is -2.13. The molecule has 0 saturated heterocycles. The van der Waals surface area contributed by atoms with Crippen LogP contribution in [0.25, 0.3) is 0 Å². The van der Waals surface area contributed by atoms with Gasteiger partial charge in [0, 0.05) is 10.7 Å². The largest absolute Gasteiger partial charge is 0.478 e. The number of halogens is 1. The number of nitrogens with zero attached hydrogens (tertiary/aromatic N) is 1. The Bertz CT molecular complexity index is 900. The molecule has 0 unspecified atom stereocenters. The first-order valence-corrected chi connectivity index (χ1v) is 7.86. The molecule has 3 rings (SSSR count). The van der Waals surface area contributed by atoms with Gasteiger partial charge in [-0.25, -0.2) is 17.2 Å². The van der Waals surface area contributed by atoms with E-state index >= 15 is 0 Å². The molecule has 0 radical (unpaired) electrons. The van der Waals surface area contributed by atoms with Crippen molar-refractivity contribution in [3.05, 3.63) is 46.2 Å². The Kier molecular flexibility index (Phi) is 2.92. The number of nitrogens with one attached hydrogen (secondary N) is 1. The summed E-state index contributed by atoms with van der Waals surface area (Å²) < 4.78 is 26.4. The molecule has 1 aromatic carbocycles. The van der Waals surface area contributed by atoms with E-state index in [4.69, 9.17) is 5.11 Å². The van der Waals surface area contributed by atoms with Crippen LogP contribution >= 0.6 is 15.9 Å². The van der Waals surface area contributed by atoms with Crippen LogP contribution in [0.1, 0.15) is 20.8 Å². The maximum Gasteiger partial charge on any atom is 0.335 e. The fourth-order valence-electron chi connectivity index (χ4n) is 2.06. The Morgan fingerprint density at radius 1 is 1.29 bits per heavy atom. The summed E-state index contributed by atoms with van der Waals surface area (Å²) in [5.74, 6) is -1.85. The van der Waals surface area contributed by atoms with Gasteiger partial charge in [0.25, 0.3) is 15.9 Å². The van der Waals surface area contributed by atoms with Crippen LogP contribution < -0.4 is 5.32 Å². The van der Waals surface area contributed by atoms with E-state index in [9.17, 15) is 18.0 Å². The molecule has 108 valence electrons. The van der Waals surface area contributed by atoms with Gasteiger partial charge >= 0.3 is 5.97 Å². The highest BCUT2D eigenvalue weighted by molar-refractivity contribution is 9.10. The number of amides is 1. The van der Waals surface area contributed by atoms with E-state index in [1.165, 1.54) is 18.3 Å². The second kappa shape index (κ2) is 4.43. The monoisotopic (exact) mass is 370 g/mol. The predicted octanol–water partition coefficient (Wildman–Crippen LogP) is 1.75. The van der Waals surface area contributed by atoms with Crippen LogP contribution in [0, 0.1) is 0 Å². The van der Waals surface area contributed by atoms with Crippen molar-refractivity contribution in [1.29, 1.82) is 0 Å². The number of hydrogen-bond donors (Lipinski definition) is 2. The number of fused-ring (bicyclic) bond motifs is 2. The van der Waals surface area contributed by atoms with Crippen molar-refractivity contribution in [2.24, 2.45) is 0 Å². The lowest BCUT2D eigenvalue weighted by Gasteiger charge is -2.08. The van der Waals surface area contributed by atoms with Crippen molar-refractivity contribution in [1.82, 2.24) is 3.97 Å². The molecule has 1 aromatic heterocycles. The van der Waals surface area contributed by atoms with E-state index in [-0.39, 0.29) is 21.8 Å². The lowest BCUT2D eigenvalue weighted by atomic mass is 10.2. The van der Waals surface area contributed by atoms with E-state index in [1.54, 1.807) is 0 Å². The number of carbonyl (C=O) groups is 2. The van der Waals surface area contributed by atoms with Gasteiger partial charge < -0.3 is 10.4 Å². The normalized spacial score (nSPS) is 15.6. The van der Waals surface area contributed by atoms with Crippen LogP contribution in [0.15, 0.2) is 39.8 Å². The van der Waals surface area contributed by atoms with Gasteiger partial charge in [0.15, 0.2) is 0 Å². The maximum atomic E-state index is 12.6. The van der Waals surface area contributed by atoms with E-state index in [1.807, 2.05) is 0 Å². The molecular formula is C12H7BrN2O5S. The van der Waals surface area contributed by atoms with Crippen molar-refractivity contribution in [3.8, 4) is 0 Å². The third kappa shape index (κ3) is 2.05. The summed E-state index contributed by atoms with van der Waals surface area (Å²) in [5.41, 5.74) is -0.230. The second-order valence-electron chi connectivity index (χ2n) is 4.31. The highest BCUT2D eigenvalue weighted by atomic mass is 79.9. The van der Waals surface area contributed by atoms with E-state index in [2.05, 4.69) is 21.2 Å². The number of hydrogen-bond acceptors (Lipinski definition) is 4. The van der Waals surface area contributed by atoms with Gasteiger partial charge in [-0.15, -0.1) is 0 Å². The quantitative estimate of drug-likeness (QED) is 0.795. The highest BCUT2D eigenvalue weighted by Gasteiger charge is 2.31. The third-order valence-corrected chi connectivity index (χ3v) is 5.16. The number of anilines is 1. The van der Waals surface area contributed by atoms with Gasteiger partial charge in [0.05, 0.1) is 11.3 Å². The second-order valence-corrected chi connectivity index (χ2v) is 7.01. The Morgan fingerprint density at radius 3 is 2.67 bits per heavy atom. The van der Waals surface area contributed by atoms with E-state index in [0.29, 0.717) is 4.47 Å². The Balaban J connectivity index is 2.32. The lowest BCUT2D eigenvalue weighted by molar-refractivity contribution is 0.0696. The zero-order chi connectivity index (χ0) is 15.4. The fraction of sp³-hybridized carbons (Fsp3) is 0. The molecule has 7 nitrogen and oxygen atoms in total. The average Bonchev–Trinajstić information content (AvgIpc) is 2.78. The van der Waals surface area contributed by atoms with Crippen LogP contribution in [-0.2, 0) is 10.0 Å². The molecule has 1 aliphatic heterocycles. The smallest absolute Gasteiger partial charge is 0.335 e. The lowest BCUT2D eigenvalue weighted by Crippen LogP contribution is -2.16. The molecule has 0 atom stereocenters. The Morgan fingerprint density at radius 2 is 2.00 bits per heavy atom. The van der Waals surface area contributed by atoms with E-state index < -0.39 is 21.9 Å². The minimum Gasteiger partial charge on any atom is -0.478 e. The van der Waals surface area contributed by atoms with Crippen LogP contribution in [-0.4, -0.2) is 29.4 Å². The van der Waals surface area contributed by atoms with Gasteiger partial charge in [-0.05, 0) is 40.2 Å². The molecule has 2 aromatic rings. The molecule has 0 spiro atoms. The first kappa shape index (κ1) is 13.8. The van der Waals surface area contributed by atoms with Gasteiger partial charge in [-0.1, -0.05) is 0 Å². The molecule has 2 N–H and O–H groups in total. The predicted molar refractivity (Wildman–Crippen MR) is 76.1 cm³/mol. The molecule has 0 bridgehead atoms. The number of benzene rings is 1. The maximum absolute atomic E-state index is 12.6. The molecular weight excluding hydrogens is 364 g/mol. The number of aromatic nitrogens is 1. The van der Waals surface area contributed by atoms with Crippen LogP contribution in [0.3, 0.4) is 0 Å². The van der Waals surface area contributed by atoms with E-state index in [0.717, 1.165) is 16.1 Å². The summed E-state index contributed by atoms with van der Waals surface area (Å²) in [7, 11) is -3.98.